The molecule has 0 atom stereocenters. The number of benzene rings is 2. The van der Waals surface area contributed by atoms with Gasteiger partial charge in [0.25, 0.3) is 5.91 Å². The Bertz CT molecular complexity index is 1470. The molecular formula is C27H27Cl2N5O2. The number of hydrogen-bond donors (Lipinski definition) is 2. The van der Waals surface area contributed by atoms with E-state index < -0.39 is 11.3 Å². The summed E-state index contributed by atoms with van der Waals surface area (Å²) >= 11 is 13.0. The lowest BCUT2D eigenvalue weighted by Crippen LogP contribution is -2.34. The monoisotopic (exact) mass is 523 g/mol. The van der Waals surface area contributed by atoms with Gasteiger partial charge in [0, 0.05) is 28.7 Å². The molecule has 4 rings (SSSR count). The number of carbonyl (C=O) groups is 2. The molecule has 2 amide bonds. The molecule has 2 aromatic heterocycles. The van der Waals surface area contributed by atoms with Crippen LogP contribution in [0.25, 0.3) is 16.6 Å². The highest BCUT2D eigenvalue weighted by molar-refractivity contribution is 6.41. The molecule has 0 bridgehead atoms. The highest BCUT2D eigenvalue weighted by atomic mass is 35.5. The fourth-order valence-electron chi connectivity index (χ4n) is 3.87. The fourth-order valence-corrected chi connectivity index (χ4v) is 4.48. The van der Waals surface area contributed by atoms with Gasteiger partial charge in [-0.15, -0.1) is 0 Å². The largest absolute Gasteiger partial charge is 0.352 e. The van der Waals surface area contributed by atoms with E-state index in [4.69, 9.17) is 23.2 Å². The average Bonchev–Trinajstić information content (AvgIpc) is 3.22. The fraction of sp³-hybridized carbons (Fsp3) is 0.259. The number of nitrogens with zero attached hydrogens (tertiary/aromatic N) is 3. The minimum atomic E-state index is -0.546. The third-order valence-corrected chi connectivity index (χ3v) is 6.44. The quantitative estimate of drug-likeness (QED) is 0.323. The van der Waals surface area contributed by atoms with Crippen molar-refractivity contribution in [2.75, 3.05) is 5.32 Å². The minimum Gasteiger partial charge on any atom is -0.352 e. The number of carbonyl (C=O) groups excluding carboxylic acids is 2. The van der Waals surface area contributed by atoms with E-state index in [1.54, 1.807) is 24.4 Å². The first-order chi connectivity index (χ1) is 17.0. The van der Waals surface area contributed by atoms with Crippen molar-refractivity contribution in [3.05, 3.63) is 81.2 Å². The van der Waals surface area contributed by atoms with Crippen LogP contribution in [0.3, 0.4) is 0 Å². The number of anilines is 1. The van der Waals surface area contributed by atoms with E-state index in [9.17, 15) is 9.59 Å². The zero-order valence-electron chi connectivity index (χ0n) is 20.7. The van der Waals surface area contributed by atoms with Crippen LogP contribution in [-0.4, -0.2) is 26.6 Å². The summed E-state index contributed by atoms with van der Waals surface area (Å²) in [5.74, 6) is -0.576. The number of halogens is 2. The van der Waals surface area contributed by atoms with Crippen LogP contribution < -0.4 is 10.6 Å². The Morgan fingerprint density at radius 3 is 2.39 bits per heavy atom. The van der Waals surface area contributed by atoms with Crippen molar-refractivity contribution in [3.63, 3.8) is 0 Å². The van der Waals surface area contributed by atoms with Gasteiger partial charge in [-0.1, -0.05) is 56.1 Å². The third kappa shape index (κ3) is 5.22. The number of pyridine rings is 1. The van der Waals surface area contributed by atoms with Crippen molar-refractivity contribution in [1.82, 2.24) is 20.1 Å². The highest BCUT2D eigenvalue weighted by Crippen LogP contribution is 2.31. The Morgan fingerprint density at radius 1 is 1.03 bits per heavy atom. The summed E-state index contributed by atoms with van der Waals surface area (Å²) in [5, 5.41) is 11.5. The maximum absolute atomic E-state index is 13.3. The Morgan fingerprint density at radius 2 is 1.72 bits per heavy atom. The number of aromatic nitrogens is 3. The summed E-state index contributed by atoms with van der Waals surface area (Å²) in [6.45, 7) is 9.52. The number of fused-ring (bicyclic) bond motifs is 1. The standard InChI is InChI=1S/C27H27Cl2N5O2/c1-15-11-18(12-16(2)32-15)34-22-8-6-7-21(19(22)14-31-34)33-25(35)23-20(28)10-9-17(24(23)29)13-30-26(36)27(3,4)5/h6-12,14H,13H2,1-5H3,(H,30,36)(H,33,35). The molecule has 0 saturated heterocycles. The first kappa shape index (κ1) is 25.7. The lowest BCUT2D eigenvalue weighted by Gasteiger charge is -2.18. The zero-order valence-corrected chi connectivity index (χ0v) is 22.3. The van der Waals surface area contributed by atoms with E-state index in [1.165, 1.54) is 0 Å². The van der Waals surface area contributed by atoms with Gasteiger partial charge >= 0.3 is 0 Å². The summed E-state index contributed by atoms with van der Waals surface area (Å²) in [6, 6.07) is 12.8. The van der Waals surface area contributed by atoms with E-state index >= 15 is 0 Å². The van der Waals surface area contributed by atoms with Gasteiger partial charge in [-0.3, -0.25) is 14.6 Å². The van der Waals surface area contributed by atoms with Crippen molar-refractivity contribution in [2.24, 2.45) is 5.41 Å². The van der Waals surface area contributed by atoms with Crippen LogP contribution in [0.1, 0.15) is 48.1 Å². The van der Waals surface area contributed by atoms with Gasteiger partial charge in [-0.2, -0.15) is 5.10 Å². The number of nitrogens with one attached hydrogen (secondary N) is 2. The van der Waals surface area contributed by atoms with Gasteiger partial charge in [0.05, 0.1) is 38.7 Å². The summed E-state index contributed by atoms with van der Waals surface area (Å²) in [7, 11) is 0. The molecule has 2 heterocycles. The van der Waals surface area contributed by atoms with Crippen LogP contribution in [0.5, 0.6) is 0 Å². The van der Waals surface area contributed by atoms with Crippen LogP contribution in [0.15, 0.2) is 48.7 Å². The van der Waals surface area contributed by atoms with Gasteiger partial charge in [0.15, 0.2) is 0 Å². The van der Waals surface area contributed by atoms with E-state index in [0.29, 0.717) is 11.3 Å². The second-order valence-electron chi connectivity index (χ2n) is 9.69. The van der Waals surface area contributed by atoms with Crippen molar-refractivity contribution < 1.29 is 9.59 Å². The average molecular weight is 524 g/mol. The molecule has 2 aromatic carbocycles. The van der Waals surface area contributed by atoms with Crippen LogP contribution >= 0.6 is 23.2 Å². The Hall–Kier alpha value is -3.42. The molecule has 0 fully saturated rings. The smallest absolute Gasteiger partial charge is 0.258 e. The van der Waals surface area contributed by atoms with E-state index in [-0.39, 0.29) is 28.1 Å². The number of hydrogen-bond acceptors (Lipinski definition) is 4. The summed E-state index contributed by atoms with van der Waals surface area (Å²) < 4.78 is 1.81. The molecule has 4 aromatic rings. The molecule has 7 nitrogen and oxygen atoms in total. The molecular weight excluding hydrogens is 497 g/mol. The van der Waals surface area contributed by atoms with Gasteiger partial charge in [-0.25, -0.2) is 4.68 Å². The molecule has 36 heavy (non-hydrogen) atoms. The lowest BCUT2D eigenvalue weighted by atomic mass is 9.95. The van der Waals surface area contributed by atoms with Crippen molar-refractivity contribution in [2.45, 2.75) is 41.2 Å². The van der Waals surface area contributed by atoms with Crippen molar-refractivity contribution in [1.29, 1.82) is 0 Å². The van der Waals surface area contributed by atoms with Crippen LogP contribution in [0, 0.1) is 19.3 Å². The number of amides is 2. The number of rotatable bonds is 5. The first-order valence-electron chi connectivity index (χ1n) is 11.4. The molecule has 0 saturated carbocycles. The van der Waals surface area contributed by atoms with Crippen molar-refractivity contribution in [3.8, 4) is 5.69 Å². The van der Waals surface area contributed by atoms with Gasteiger partial charge in [0.1, 0.15) is 0 Å². The third-order valence-electron chi connectivity index (χ3n) is 5.69. The highest BCUT2D eigenvalue weighted by Gasteiger charge is 2.23. The lowest BCUT2D eigenvalue weighted by molar-refractivity contribution is -0.128. The maximum Gasteiger partial charge on any atom is 0.258 e. The van der Waals surface area contributed by atoms with Crippen molar-refractivity contribution >= 4 is 51.6 Å². The molecule has 0 aliphatic rings. The van der Waals surface area contributed by atoms with Gasteiger partial charge in [0.2, 0.25) is 5.91 Å². The molecule has 0 unspecified atom stereocenters. The van der Waals surface area contributed by atoms with E-state index in [1.807, 2.05) is 63.6 Å². The molecule has 0 aliphatic heterocycles. The topological polar surface area (TPSA) is 88.9 Å². The summed E-state index contributed by atoms with van der Waals surface area (Å²) in [6.07, 6.45) is 1.71. The van der Waals surface area contributed by atoms with Gasteiger partial charge in [-0.05, 0) is 49.7 Å². The molecule has 0 spiro atoms. The second kappa shape index (κ2) is 9.91. The molecule has 0 radical (unpaired) electrons. The number of aryl methyl sites for hydroxylation is 2. The van der Waals surface area contributed by atoms with Crippen LogP contribution in [0.4, 0.5) is 5.69 Å². The normalized spacial score (nSPS) is 11.5. The second-order valence-corrected chi connectivity index (χ2v) is 10.5. The van der Waals surface area contributed by atoms with E-state index in [0.717, 1.165) is 28.0 Å². The molecule has 2 N–H and O–H groups in total. The van der Waals surface area contributed by atoms with E-state index in [2.05, 4.69) is 20.7 Å². The Kier molecular flexibility index (Phi) is 7.07. The minimum absolute atomic E-state index is 0.122. The Labute approximate surface area is 219 Å². The van der Waals surface area contributed by atoms with Crippen LogP contribution in [-0.2, 0) is 11.3 Å². The molecule has 186 valence electrons. The predicted octanol–water partition coefficient (Wildman–Crippen LogP) is 6.26. The zero-order chi connectivity index (χ0) is 26.2. The molecule has 9 heteroatoms. The maximum atomic E-state index is 13.3. The van der Waals surface area contributed by atoms with Crippen LogP contribution in [0.2, 0.25) is 10.0 Å². The summed E-state index contributed by atoms with van der Waals surface area (Å²) in [5.41, 5.74) is 4.26. The Balaban J connectivity index is 1.64. The van der Waals surface area contributed by atoms with Gasteiger partial charge < -0.3 is 10.6 Å². The SMILES string of the molecule is Cc1cc(-n2ncc3c(NC(=O)c4c(Cl)ccc(CNC(=O)C(C)(C)C)c4Cl)cccc32)cc(C)n1. The molecule has 0 aliphatic carbocycles. The summed E-state index contributed by atoms with van der Waals surface area (Å²) in [4.78, 5) is 30.0. The predicted molar refractivity (Wildman–Crippen MR) is 144 cm³/mol. The first-order valence-corrected chi connectivity index (χ1v) is 12.2.